The van der Waals surface area contributed by atoms with Gasteiger partial charge in [0.2, 0.25) is 0 Å². The summed E-state index contributed by atoms with van der Waals surface area (Å²) in [5, 5.41) is 37.1. The monoisotopic (exact) mass is 584 g/mol. The fourth-order valence-corrected chi connectivity index (χ4v) is 8.78. The number of aliphatic hydroxyl groups excluding tert-OH is 2. The van der Waals surface area contributed by atoms with Crippen LogP contribution in [0.5, 0.6) is 0 Å². The van der Waals surface area contributed by atoms with Gasteiger partial charge in [0.05, 0.1) is 23.2 Å². The van der Waals surface area contributed by atoms with Gasteiger partial charge in [-0.05, 0) is 86.2 Å². The van der Waals surface area contributed by atoms with E-state index < -0.39 is 46.6 Å². The average Bonchev–Trinajstić information content (AvgIpc) is 3.35. The van der Waals surface area contributed by atoms with Gasteiger partial charge >= 0.3 is 11.9 Å². The molecule has 1 aromatic rings. The minimum atomic E-state index is -1.45. The maximum atomic E-state index is 12.9. The van der Waals surface area contributed by atoms with Gasteiger partial charge in [-0.15, -0.1) is 0 Å². The zero-order valence-electron chi connectivity index (χ0n) is 26.2. The molecule has 7 heteroatoms. The number of ether oxygens (including phenoxy) is 2. The summed E-state index contributed by atoms with van der Waals surface area (Å²) in [6, 6.07) is 10.4. The Kier molecular flexibility index (Phi) is 10.3. The van der Waals surface area contributed by atoms with E-state index in [0.29, 0.717) is 38.0 Å². The summed E-state index contributed by atoms with van der Waals surface area (Å²) in [4.78, 5) is 24.1. The molecule has 0 spiro atoms. The number of cyclic esters (lactones) is 1. The van der Waals surface area contributed by atoms with Gasteiger partial charge in [-0.3, -0.25) is 4.79 Å². The smallest absolute Gasteiger partial charge is 0.331 e. The van der Waals surface area contributed by atoms with Gasteiger partial charge in [0.25, 0.3) is 0 Å². The van der Waals surface area contributed by atoms with E-state index >= 15 is 0 Å². The summed E-state index contributed by atoms with van der Waals surface area (Å²) in [5.74, 6) is -1.22. The van der Waals surface area contributed by atoms with E-state index in [1.807, 2.05) is 13.0 Å². The van der Waals surface area contributed by atoms with Crippen molar-refractivity contribution in [3.63, 3.8) is 0 Å². The van der Waals surface area contributed by atoms with E-state index in [0.717, 1.165) is 31.3 Å². The third-order valence-corrected chi connectivity index (χ3v) is 10.8. The number of esters is 2. The first-order chi connectivity index (χ1) is 19.8. The molecule has 0 unspecified atom stereocenters. The van der Waals surface area contributed by atoms with Crippen LogP contribution in [0.4, 0.5) is 0 Å². The molecule has 2 fully saturated rings. The van der Waals surface area contributed by atoms with E-state index in [1.54, 1.807) is 0 Å². The van der Waals surface area contributed by atoms with Crippen LogP contribution < -0.4 is 0 Å². The molecular formula is C35H52O7. The zero-order chi connectivity index (χ0) is 30.7. The summed E-state index contributed by atoms with van der Waals surface area (Å²) in [7, 11) is 0. The highest BCUT2D eigenvalue weighted by Gasteiger charge is 2.72. The summed E-state index contributed by atoms with van der Waals surface area (Å²) >= 11 is 0. The first-order valence-corrected chi connectivity index (χ1v) is 16.0. The van der Waals surface area contributed by atoms with Crippen molar-refractivity contribution in [2.45, 2.75) is 123 Å². The summed E-state index contributed by atoms with van der Waals surface area (Å²) in [6.45, 7) is 9.96. The molecule has 2 saturated carbocycles. The van der Waals surface area contributed by atoms with Crippen LogP contribution in [-0.2, 0) is 25.5 Å². The van der Waals surface area contributed by atoms with Crippen molar-refractivity contribution in [1.82, 2.24) is 0 Å². The predicted octanol–water partition coefficient (Wildman–Crippen LogP) is 5.54. The number of hydrogen-bond donors (Lipinski definition) is 3. The molecule has 4 rings (SSSR count). The van der Waals surface area contributed by atoms with Crippen molar-refractivity contribution >= 4 is 11.9 Å². The standard InChI is InChI=1S/C35H52O7/c1-23(10-9-13-26-11-7-6-8-12-26)14-15-29(37)35-30(38)17-18-33(4,5)32(35)28(42-25(3)36)20-24(2)34(35,40)19-16-27-21-31(39)41-22-27/h6-8,11-12,21,23-24,28-30,32,37-38,40H,9-10,13-20,22H2,1-5H3/t23-,24-,28-,29+,30+,32+,34-,35+/m1/s1. The molecular weight excluding hydrogens is 532 g/mol. The Hall–Kier alpha value is -2.22. The Bertz CT molecular complexity index is 1110. The average molecular weight is 585 g/mol. The number of aryl methyl sites for hydroxylation is 1. The second-order valence-electron chi connectivity index (χ2n) is 14.1. The van der Waals surface area contributed by atoms with Crippen LogP contribution in [0.15, 0.2) is 42.0 Å². The Morgan fingerprint density at radius 2 is 1.86 bits per heavy atom. The molecule has 0 bridgehead atoms. The molecule has 7 nitrogen and oxygen atoms in total. The fourth-order valence-electron chi connectivity index (χ4n) is 8.78. The minimum absolute atomic E-state index is 0.201. The van der Waals surface area contributed by atoms with Gasteiger partial charge in [-0.2, -0.15) is 0 Å². The Morgan fingerprint density at radius 1 is 1.14 bits per heavy atom. The molecule has 1 aromatic carbocycles. The van der Waals surface area contributed by atoms with Crippen LogP contribution in [0.25, 0.3) is 0 Å². The molecule has 0 amide bonds. The van der Waals surface area contributed by atoms with Crippen LogP contribution in [0.2, 0.25) is 0 Å². The highest BCUT2D eigenvalue weighted by Crippen LogP contribution is 2.66. The lowest BCUT2D eigenvalue weighted by atomic mass is 9.39. The van der Waals surface area contributed by atoms with Crippen LogP contribution >= 0.6 is 0 Å². The molecule has 8 atom stereocenters. The Morgan fingerprint density at radius 3 is 2.50 bits per heavy atom. The third kappa shape index (κ3) is 6.48. The summed E-state index contributed by atoms with van der Waals surface area (Å²) in [5.41, 5.74) is -1.03. The number of aliphatic hydroxyl groups is 3. The highest BCUT2D eigenvalue weighted by atomic mass is 16.5. The lowest BCUT2D eigenvalue weighted by Crippen LogP contribution is -2.76. The lowest BCUT2D eigenvalue weighted by Gasteiger charge is -2.68. The molecule has 234 valence electrons. The first-order valence-electron chi connectivity index (χ1n) is 16.0. The van der Waals surface area contributed by atoms with Crippen molar-refractivity contribution in [2.75, 3.05) is 6.61 Å². The van der Waals surface area contributed by atoms with E-state index in [9.17, 15) is 24.9 Å². The lowest BCUT2D eigenvalue weighted by molar-refractivity contribution is -0.318. The fraction of sp³-hybridized carbons (Fsp3) is 0.714. The highest BCUT2D eigenvalue weighted by molar-refractivity contribution is 5.85. The molecule has 3 aliphatic rings. The van der Waals surface area contributed by atoms with Gasteiger partial charge < -0.3 is 24.8 Å². The van der Waals surface area contributed by atoms with Gasteiger partial charge in [0.1, 0.15) is 12.7 Å². The van der Waals surface area contributed by atoms with Crippen molar-refractivity contribution < 1.29 is 34.4 Å². The third-order valence-electron chi connectivity index (χ3n) is 10.8. The normalized spacial score (nSPS) is 33.7. The largest absolute Gasteiger partial charge is 0.462 e. The number of hydrogen-bond acceptors (Lipinski definition) is 7. The van der Waals surface area contributed by atoms with E-state index in [1.165, 1.54) is 18.6 Å². The topological polar surface area (TPSA) is 113 Å². The van der Waals surface area contributed by atoms with E-state index in [2.05, 4.69) is 45.0 Å². The number of carbonyl (C=O) groups is 2. The second-order valence-corrected chi connectivity index (χ2v) is 14.1. The Labute approximate surface area is 251 Å². The molecule has 0 radical (unpaired) electrons. The second kappa shape index (κ2) is 13.2. The predicted molar refractivity (Wildman–Crippen MR) is 161 cm³/mol. The molecule has 3 N–H and O–H groups in total. The molecule has 0 saturated heterocycles. The van der Waals surface area contributed by atoms with Crippen molar-refractivity contribution in [3.8, 4) is 0 Å². The maximum Gasteiger partial charge on any atom is 0.331 e. The van der Waals surface area contributed by atoms with E-state index in [4.69, 9.17) is 9.47 Å². The summed E-state index contributed by atoms with van der Waals surface area (Å²) in [6.07, 6.45) is 5.52. The molecule has 2 aliphatic carbocycles. The minimum Gasteiger partial charge on any atom is -0.462 e. The Balaban J connectivity index is 1.63. The van der Waals surface area contributed by atoms with Crippen LogP contribution in [0.1, 0.15) is 98.0 Å². The van der Waals surface area contributed by atoms with Crippen molar-refractivity contribution in [2.24, 2.45) is 28.6 Å². The maximum absolute atomic E-state index is 12.9. The van der Waals surface area contributed by atoms with Gasteiger partial charge in [-0.1, -0.05) is 64.4 Å². The van der Waals surface area contributed by atoms with Crippen molar-refractivity contribution in [1.29, 1.82) is 0 Å². The first kappa shape index (κ1) is 32.7. The molecule has 42 heavy (non-hydrogen) atoms. The zero-order valence-corrected chi connectivity index (χ0v) is 26.2. The SMILES string of the molecule is CC(=O)O[C@@H]1C[C@@H](C)[C@](O)(CCC2=CC(=O)OC2)[C@@]2([C@@H](O)CC[C@H](C)CCCc3ccccc3)[C@@H](O)CCC(C)(C)[C@H]12. The number of rotatable bonds is 12. The van der Waals surface area contributed by atoms with E-state index in [-0.39, 0.29) is 24.9 Å². The van der Waals surface area contributed by atoms with Crippen molar-refractivity contribution in [3.05, 3.63) is 47.5 Å². The molecule has 0 aromatic heterocycles. The quantitative estimate of drug-likeness (QED) is 0.277. The van der Waals surface area contributed by atoms with Gasteiger partial charge in [0.15, 0.2) is 0 Å². The number of benzene rings is 1. The summed E-state index contributed by atoms with van der Waals surface area (Å²) < 4.78 is 11.1. The molecule has 1 aliphatic heterocycles. The molecule has 1 heterocycles. The van der Waals surface area contributed by atoms with Crippen LogP contribution in [0, 0.1) is 28.6 Å². The number of fused-ring (bicyclic) bond motifs is 1. The number of carbonyl (C=O) groups excluding carboxylic acids is 2. The van der Waals surface area contributed by atoms with Gasteiger partial charge in [-0.25, -0.2) is 4.79 Å². The van der Waals surface area contributed by atoms with Crippen LogP contribution in [0.3, 0.4) is 0 Å². The van der Waals surface area contributed by atoms with Crippen LogP contribution in [-0.4, -0.2) is 57.8 Å². The van der Waals surface area contributed by atoms with Gasteiger partial charge in [0, 0.05) is 18.9 Å².